The van der Waals surface area contributed by atoms with Gasteiger partial charge in [0.05, 0.1) is 27.7 Å². The number of benzene rings is 2. The fraction of sp³-hybridized carbons (Fsp3) is 0.222. The van der Waals surface area contributed by atoms with E-state index >= 15 is 0 Å². The summed E-state index contributed by atoms with van der Waals surface area (Å²) >= 11 is 6.25. The largest absolute Gasteiger partial charge is 0.321 e. The molecule has 0 spiro atoms. The Hall–Kier alpha value is -2.08. The van der Waals surface area contributed by atoms with Crippen molar-refractivity contribution < 1.29 is 0 Å². The summed E-state index contributed by atoms with van der Waals surface area (Å²) in [7, 11) is 1.81. The van der Waals surface area contributed by atoms with Gasteiger partial charge in [-0.2, -0.15) is 0 Å². The van der Waals surface area contributed by atoms with E-state index in [0.29, 0.717) is 28.2 Å². The van der Waals surface area contributed by atoms with Crippen molar-refractivity contribution in [3.63, 3.8) is 0 Å². The van der Waals surface area contributed by atoms with Crippen LogP contribution in [0.15, 0.2) is 53.3 Å². The molecule has 0 amide bonds. The zero-order chi connectivity index (χ0) is 17.3. The molecule has 5 nitrogen and oxygen atoms in total. The van der Waals surface area contributed by atoms with Gasteiger partial charge in [-0.1, -0.05) is 42.8 Å². The molecule has 3 aromatic rings. The molecular formula is C18H20Cl2N4O. The van der Waals surface area contributed by atoms with Crippen LogP contribution in [0.25, 0.3) is 10.9 Å². The summed E-state index contributed by atoms with van der Waals surface area (Å²) in [6.07, 6.45) is 0.668. The monoisotopic (exact) mass is 378 g/mol. The molecule has 0 fully saturated rings. The first-order valence-electron chi connectivity index (χ1n) is 7.80. The van der Waals surface area contributed by atoms with Crippen molar-refractivity contribution >= 4 is 40.6 Å². The van der Waals surface area contributed by atoms with Gasteiger partial charge in [-0.3, -0.25) is 9.80 Å². The van der Waals surface area contributed by atoms with Gasteiger partial charge < -0.3 is 5.73 Å². The van der Waals surface area contributed by atoms with Gasteiger partial charge in [0.2, 0.25) is 0 Å². The van der Waals surface area contributed by atoms with Gasteiger partial charge in [0.1, 0.15) is 5.82 Å². The molecule has 0 aliphatic carbocycles. The first kappa shape index (κ1) is 19.2. The van der Waals surface area contributed by atoms with Crippen LogP contribution in [-0.2, 0) is 0 Å². The lowest BCUT2D eigenvalue weighted by molar-refractivity contribution is 0.571. The maximum Gasteiger partial charge on any atom is 0.282 e. The summed E-state index contributed by atoms with van der Waals surface area (Å²) < 4.78 is 1.51. The van der Waals surface area contributed by atoms with Gasteiger partial charge in [0.15, 0.2) is 0 Å². The van der Waals surface area contributed by atoms with Gasteiger partial charge in [-0.05, 0) is 30.7 Å². The molecule has 0 aliphatic rings. The molecule has 0 aliphatic heterocycles. The van der Waals surface area contributed by atoms with Gasteiger partial charge in [-0.15, -0.1) is 12.4 Å². The zero-order valence-corrected chi connectivity index (χ0v) is 15.6. The highest BCUT2D eigenvalue weighted by Crippen LogP contribution is 2.22. The number of halogens is 2. The molecule has 132 valence electrons. The second kappa shape index (κ2) is 7.87. The van der Waals surface area contributed by atoms with Gasteiger partial charge in [-0.25, -0.2) is 9.66 Å². The topological polar surface area (TPSA) is 64.1 Å². The Bertz CT molecular complexity index is 928. The smallest absolute Gasteiger partial charge is 0.282 e. The van der Waals surface area contributed by atoms with Crippen LogP contribution in [0.2, 0.25) is 5.02 Å². The maximum absolute atomic E-state index is 13.1. The Balaban J connectivity index is 0.00000225. The first-order valence-corrected chi connectivity index (χ1v) is 8.18. The number of rotatable bonds is 4. The maximum atomic E-state index is 13.1. The lowest BCUT2D eigenvalue weighted by Gasteiger charge is -2.26. The van der Waals surface area contributed by atoms with E-state index in [1.54, 1.807) is 23.2 Å². The van der Waals surface area contributed by atoms with Crippen molar-refractivity contribution in [2.45, 2.75) is 19.4 Å². The van der Waals surface area contributed by atoms with Crippen molar-refractivity contribution in [3.05, 3.63) is 69.7 Å². The predicted molar refractivity (Wildman–Crippen MR) is 106 cm³/mol. The standard InChI is InChI=1S/C18H19ClN4O.ClH/c1-3-14(20)17-21-15-11-7-10-13(19)16(15)18(24)23(17)22(2)12-8-5-4-6-9-12;/h4-11,14H,3,20H2,1-2H3;1H/t14-;/m0./s1. The second-order valence-electron chi connectivity index (χ2n) is 5.59. The molecule has 2 aromatic carbocycles. The normalized spacial score (nSPS) is 11.8. The molecule has 1 atom stereocenters. The fourth-order valence-corrected chi connectivity index (χ4v) is 2.92. The van der Waals surface area contributed by atoms with Crippen molar-refractivity contribution in [3.8, 4) is 0 Å². The van der Waals surface area contributed by atoms with Crippen molar-refractivity contribution in [1.29, 1.82) is 0 Å². The van der Waals surface area contributed by atoms with Gasteiger partial charge >= 0.3 is 0 Å². The molecule has 0 bridgehead atoms. The van der Waals surface area contributed by atoms with Crippen LogP contribution in [0.3, 0.4) is 0 Å². The minimum absolute atomic E-state index is 0. The number of hydrogen-bond donors (Lipinski definition) is 1. The highest BCUT2D eigenvalue weighted by atomic mass is 35.5. The lowest BCUT2D eigenvalue weighted by atomic mass is 10.2. The van der Waals surface area contributed by atoms with E-state index in [4.69, 9.17) is 17.3 Å². The van der Waals surface area contributed by atoms with Crippen molar-refractivity contribution in [2.75, 3.05) is 12.1 Å². The minimum Gasteiger partial charge on any atom is -0.321 e. The summed E-state index contributed by atoms with van der Waals surface area (Å²) in [4.78, 5) is 17.8. The molecule has 2 N–H and O–H groups in total. The predicted octanol–water partition coefficient (Wildman–Crippen LogP) is 3.78. The summed E-state index contributed by atoms with van der Waals surface area (Å²) in [6, 6.07) is 14.5. The van der Waals surface area contributed by atoms with E-state index in [9.17, 15) is 4.79 Å². The first-order chi connectivity index (χ1) is 11.5. The van der Waals surface area contributed by atoms with Crippen molar-refractivity contribution in [1.82, 2.24) is 9.66 Å². The number of anilines is 1. The molecule has 7 heteroatoms. The Labute approximate surface area is 157 Å². The van der Waals surface area contributed by atoms with E-state index < -0.39 is 0 Å². The lowest BCUT2D eigenvalue weighted by Crippen LogP contribution is -2.40. The van der Waals surface area contributed by atoms with E-state index in [0.717, 1.165) is 5.69 Å². The average molecular weight is 379 g/mol. The number of para-hydroxylation sites is 1. The summed E-state index contributed by atoms with van der Waals surface area (Å²) in [5.74, 6) is 0.517. The summed E-state index contributed by atoms with van der Waals surface area (Å²) in [5.41, 5.74) is 7.42. The van der Waals surface area contributed by atoms with Gasteiger partial charge in [0, 0.05) is 7.05 Å². The average Bonchev–Trinajstić information content (AvgIpc) is 2.61. The van der Waals surface area contributed by atoms with Crippen LogP contribution in [0, 0.1) is 0 Å². The van der Waals surface area contributed by atoms with Crippen LogP contribution in [0.5, 0.6) is 0 Å². The molecule has 25 heavy (non-hydrogen) atoms. The molecule has 3 rings (SSSR count). The third kappa shape index (κ3) is 3.49. The molecule has 1 heterocycles. The molecule has 0 radical (unpaired) electrons. The Morgan fingerprint density at radius 1 is 1.20 bits per heavy atom. The minimum atomic E-state index is -0.354. The van der Waals surface area contributed by atoms with E-state index in [1.165, 1.54) is 4.68 Å². The highest BCUT2D eigenvalue weighted by molar-refractivity contribution is 6.35. The number of nitrogens with zero attached hydrogens (tertiary/aromatic N) is 3. The highest BCUT2D eigenvalue weighted by Gasteiger charge is 2.20. The van der Waals surface area contributed by atoms with Gasteiger partial charge in [0.25, 0.3) is 5.56 Å². The Morgan fingerprint density at radius 2 is 1.88 bits per heavy atom. The third-order valence-electron chi connectivity index (χ3n) is 4.05. The SMILES string of the molecule is CC[C@H](N)c1nc2cccc(Cl)c2c(=O)n1N(C)c1ccccc1.Cl. The summed E-state index contributed by atoms with van der Waals surface area (Å²) in [6.45, 7) is 1.96. The molecule has 0 unspecified atom stereocenters. The molecule has 0 saturated carbocycles. The zero-order valence-electron chi connectivity index (χ0n) is 14.0. The Morgan fingerprint density at radius 3 is 2.52 bits per heavy atom. The quantitative estimate of drug-likeness (QED) is 0.749. The molecule has 1 aromatic heterocycles. The summed E-state index contributed by atoms with van der Waals surface area (Å²) in [5, 5.41) is 2.54. The van der Waals surface area contributed by atoms with E-state index in [1.807, 2.05) is 44.3 Å². The molecule has 0 saturated heterocycles. The van der Waals surface area contributed by atoms with E-state index in [2.05, 4.69) is 4.98 Å². The van der Waals surface area contributed by atoms with E-state index in [-0.39, 0.29) is 24.0 Å². The van der Waals surface area contributed by atoms with Crippen LogP contribution >= 0.6 is 24.0 Å². The second-order valence-corrected chi connectivity index (χ2v) is 6.00. The van der Waals surface area contributed by atoms with Crippen LogP contribution in [-0.4, -0.2) is 16.7 Å². The third-order valence-corrected chi connectivity index (χ3v) is 4.37. The number of hydrogen-bond acceptors (Lipinski definition) is 4. The van der Waals surface area contributed by atoms with Crippen LogP contribution in [0.1, 0.15) is 25.2 Å². The Kier molecular flexibility index (Phi) is 6.06. The van der Waals surface area contributed by atoms with Crippen molar-refractivity contribution in [2.24, 2.45) is 5.73 Å². The molecular weight excluding hydrogens is 359 g/mol. The van der Waals surface area contributed by atoms with Crippen LogP contribution in [0.4, 0.5) is 5.69 Å². The number of aromatic nitrogens is 2. The fourth-order valence-electron chi connectivity index (χ4n) is 2.67. The van der Waals surface area contributed by atoms with Crippen LogP contribution < -0.4 is 16.3 Å². The number of nitrogens with two attached hydrogens (primary N) is 1. The number of fused-ring (bicyclic) bond motifs is 1.